The highest BCUT2D eigenvalue weighted by Crippen LogP contribution is 2.31. The number of rotatable bonds is 2. The monoisotopic (exact) mass is 656 g/mol. The molecule has 3 aromatic rings. The van der Waals surface area contributed by atoms with Crippen molar-refractivity contribution >= 4 is 70.5 Å². The fraction of sp³-hybridized carbons (Fsp3) is 0.278. The topological polar surface area (TPSA) is 70.7 Å². The number of aromatic amines is 1. The molecule has 178 valence electrons. The van der Waals surface area contributed by atoms with Crippen molar-refractivity contribution in [2.75, 3.05) is 5.32 Å². The Hall–Kier alpha value is -1.67. The largest absolute Gasteiger partial charge is 0.471 e. The van der Waals surface area contributed by atoms with E-state index in [1.165, 1.54) is 12.4 Å². The van der Waals surface area contributed by atoms with Crippen molar-refractivity contribution in [3.8, 4) is 0 Å². The summed E-state index contributed by atoms with van der Waals surface area (Å²) >= 11 is 9.35. The third-order valence-corrected chi connectivity index (χ3v) is 4.78. The minimum Gasteiger partial charge on any atom is -0.336 e. The number of hydrogen-bond acceptors (Lipinski definition) is 3. The van der Waals surface area contributed by atoms with Gasteiger partial charge in [-0.2, -0.15) is 26.3 Å². The number of hydrogen-bond donors (Lipinski definition) is 2. The maximum Gasteiger partial charge on any atom is 0.471 e. The quantitative estimate of drug-likeness (QED) is 0.218. The van der Waals surface area contributed by atoms with Crippen LogP contribution in [0.1, 0.15) is 26.1 Å². The molecule has 0 radical (unpaired) electrons. The second-order valence-corrected chi connectivity index (χ2v) is 7.91. The third-order valence-electron chi connectivity index (χ3n) is 3.31. The van der Waals surface area contributed by atoms with Crippen molar-refractivity contribution in [1.82, 2.24) is 15.0 Å². The summed E-state index contributed by atoms with van der Waals surface area (Å²) in [6.07, 6.45) is -6.53. The fourth-order valence-corrected chi connectivity index (χ4v) is 3.17. The number of nitrogens with one attached hydrogen (secondary N) is 2. The predicted molar refractivity (Wildman–Crippen MR) is 122 cm³/mol. The number of halogens is 9. The van der Waals surface area contributed by atoms with E-state index in [9.17, 15) is 31.1 Å². The smallest absolute Gasteiger partial charge is 0.336 e. The molecule has 3 rings (SSSR count). The van der Waals surface area contributed by atoms with E-state index in [0.717, 1.165) is 6.07 Å². The highest BCUT2D eigenvalue weighted by atomic mass is 79.9. The summed E-state index contributed by atoms with van der Waals surface area (Å²) in [5.41, 5.74) is -0.0920. The first kappa shape index (κ1) is 30.3. The van der Waals surface area contributed by atoms with Crippen LogP contribution in [-0.2, 0) is 16.3 Å². The van der Waals surface area contributed by atoms with Gasteiger partial charge >= 0.3 is 18.3 Å². The average Bonchev–Trinajstić information content (AvgIpc) is 3.06. The van der Waals surface area contributed by atoms with Gasteiger partial charge in [0, 0.05) is 37.6 Å². The summed E-state index contributed by atoms with van der Waals surface area (Å²) in [4.78, 5) is 20.4. The number of fused-ring (bicyclic) bond motifs is 1. The van der Waals surface area contributed by atoms with E-state index in [1.54, 1.807) is 17.4 Å². The van der Waals surface area contributed by atoms with Crippen molar-refractivity contribution in [2.24, 2.45) is 0 Å². The van der Waals surface area contributed by atoms with Gasteiger partial charge in [0.25, 0.3) is 0 Å². The molecule has 0 spiro atoms. The number of amides is 1. The molecule has 0 bridgehead atoms. The van der Waals surface area contributed by atoms with Crippen LogP contribution in [-0.4, -0.2) is 27.0 Å². The Morgan fingerprint density at radius 2 is 1.53 bits per heavy atom. The fourth-order valence-electron chi connectivity index (χ4n) is 2.02. The highest BCUT2D eigenvalue weighted by Gasteiger charge is 2.39. The summed E-state index contributed by atoms with van der Waals surface area (Å²) in [5.74, 6) is -2.15. The minimum absolute atomic E-state index is 0. The number of anilines is 1. The molecule has 14 heteroatoms. The molecule has 2 N–H and O–H groups in total. The Labute approximate surface area is 204 Å². The Morgan fingerprint density at radius 1 is 0.969 bits per heavy atom. The van der Waals surface area contributed by atoms with Crippen LogP contribution in [0.2, 0.25) is 0 Å². The van der Waals surface area contributed by atoms with E-state index in [0.29, 0.717) is 19.9 Å². The number of alkyl halides is 7. The minimum atomic E-state index is -4.92. The molecule has 0 atom stereocenters. The van der Waals surface area contributed by atoms with E-state index in [1.807, 2.05) is 0 Å². The Bertz CT molecular complexity index is 1050. The van der Waals surface area contributed by atoms with Crippen LogP contribution in [0.4, 0.5) is 32.2 Å². The molecular formula is C18H17Br3F6N4O. The first-order valence-corrected chi connectivity index (χ1v) is 10.3. The summed E-state index contributed by atoms with van der Waals surface area (Å²) in [6, 6.07) is 4.18. The molecule has 32 heavy (non-hydrogen) atoms. The van der Waals surface area contributed by atoms with Crippen LogP contribution < -0.4 is 5.32 Å². The standard InChI is InChI=1S/C8H5Br2F3N2O.C8H4BrF3N2.2CH4/c9-2-4-1-5(10)3-14-6(4)15-7(16)8(11,12)13;9-5-1-4-2-6(8(10,11)12)14-7(4)13-3-5;;/h1,3H,2H2,(H,14,15,16);1-3H,(H,13,14);2*1H4. The lowest BCUT2D eigenvalue weighted by molar-refractivity contribution is -0.167. The first-order valence-electron chi connectivity index (χ1n) is 7.61. The van der Waals surface area contributed by atoms with Gasteiger partial charge < -0.3 is 10.3 Å². The predicted octanol–water partition coefficient (Wildman–Crippen LogP) is 7.86. The number of nitrogens with zero attached hydrogens (tertiary/aromatic N) is 2. The van der Waals surface area contributed by atoms with Crippen LogP contribution in [0.5, 0.6) is 0 Å². The molecule has 3 heterocycles. The maximum absolute atomic E-state index is 12.3. The van der Waals surface area contributed by atoms with Crippen LogP contribution in [0, 0.1) is 0 Å². The normalized spacial score (nSPS) is 11.0. The zero-order valence-electron chi connectivity index (χ0n) is 14.3. The van der Waals surface area contributed by atoms with Crippen LogP contribution in [0.3, 0.4) is 0 Å². The average molecular weight is 659 g/mol. The molecule has 0 fully saturated rings. The van der Waals surface area contributed by atoms with Crippen molar-refractivity contribution in [3.63, 3.8) is 0 Å². The molecule has 1 amide bonds. The molecule has 0 aromatic carbocycles. The number of carbonyl (C=O) groups is 1. The van der Waals surface area contributed by atoms with Gasteiger partial charge in [0.05, 0.1) is 0 Å². The lowest BCUT2D eigenvalue weighted by atomic mass is 10.3. The zero-order chi connectivity index (χ0) is 22.7. The lowest BCUT2D eigenvalue weighted by Gasteiger charge is -2.10. The molecule has 0 saturated heterocycles. The molecule has 0 aliphatic heterocycles. The third kappa shape index (κ3) is 8.35. The number of pyridine rings is 2. The zero-order valence-corrected chi connectivity index (χ0v) is 19.1. The SMILES string of the molecule is C.C.FC(F)(F)c1cc2cc(Br)cnc2[nH]1.O=C(Nc1ncc(Br)cc1CBr)C(F)(F)F. The van der Waals surface area contributed by atoms with Gasteiger partial charge in [-0.25, -0.2) is 9.97 Å². The van der Waals surface area contributed by atoms with Gasteiger partial charge in [0.2, 0.25) is 0 Å². The van der Waals surface area contributed by atoms with E-state index >= 15 is 0 Å². The highest BCUT2D eigenvalue weighted by molar-refractivity contribution is 9.10. The van der Waals surface area contributed by atoms with Crippen molar-refractivity contribution in [3.05, 3.63) is 50.8 Å². The summed E-state index contributed by atoms with van der Waals surface area (Å²) < 4.78 is 74.0. The maximum atomic E-state index is 12.3. The van der Waals surface area contributed by atoms with Gasteiger partial charge in [0.1, 0.15) is 17.2 Å². The summed E-state index contributed by atoms with van der Waals surface area (Å²) in [7, 11) is 0. The second kappa shape index (κ2) is 12.0. The van der Waals surface area contributed by atoms with E-state index in [-0.39, 0.29) is 31.6 Å². The van der Waals surface area contributed by atoms with Crippen LogP contribution >= 0.6 is 47.8 Å². The number of aromatic nitrogens is 3. The van der Waals surface area contributed by atoms with Crippen molar-refractivity contribution in [1.29, 1.82) is 0 Å². The molecule has 0 saturated carbocycles. The van der Waals surface area contributed by atoms with E-state index in [4.69, 9.17) is 0 Å². The molecule has 0 unspecified atom stereocenters. The molecule has 0 aliphatic rings. The van der Waals surface area contributed by atoms with Gasteiger partial charge in [0.15, 0.2) is 0 Å². The van der Waals surface area contributed by atoms with Gasteiger partial charge in [-0.1, -0.05) is 30.8 Å². The van der Waals surface area contributed by atoms with Gasteiger partial charge in [-0.15, -0.1) is 0 Å². The molecule has 3 aromatic heterocycles. The number of carbonyl (C=O) groups excluding carboxylic acids is 1. The summed E-state index contributed by atoms with van der Waals surface area (Å²) in [6.45, 7) is 0. The molecular weight excluding hydrogens is 642 g/mol. The van der Waals surface area contributed by atoms with Gasteiger partial charge in [-0.3, -0.25) is 4.79 Å². The van der Waals surface area contributed by atoms with Gasteiger partial charge in [-0.05, 0) is 50.1 Å². The Balaban J connectivity index is 0.000000568. The number of H-pyrrole nitrogens is 1. The van der Waals surface area contributed by atoms with E-state index in [2.05, 4.69) is 62.7 Å². The second-order valence-electron chi connectivity index (χ2n) is 5.52. The Morgan fingerprint density at radius 3 is 2.06 bits per heavy atom. The summed E-state index contributed by atoms with van der Waals surface area (Å²) in [5, 5.41) is 2.42. The van der Waals surface area contributed by atoms with E-state index < -0.39 is 24.0 Å². The van der Waals surface area contributed by atoms with Crippen LogP contribution in [0.25, 0.3) is 11.0 Å². The van der Waals surface area contributed by atoms with Crippen LogP contribution in [0.15, 0.2) is 39.5 Å². The van der Waals surface area contributed by atoms with Crippen molar-refractivity contribution < 1.29 is 31.1 Å². The molecule has 5 nitrogen and oxygen atoms in total. The lowest BCUT2D eigenvalue weighted by Crippen LogP contribution is -2.30. The van der Waals surface area contributed by atoms with Crippen molar-refractivity contribution in [2.45, 2.75) is 32.5 Å². The Kier molecular flexibility index (Phi) is 11.4. The first-order chi connectivity index (χ1) is 13.8. The molecule has 0 aliphatic carbocycles.